The Labute approximate surface area is 186 Å². The van der Waals surface area contributed by atoms with Crippen LogP contribution in [-0.4, -0.2) is 49.8 Å². The number of carbonyl (C=O) groups is 2. The second-order valence-electron chi connectivity index (χ2n) is 9.00. The number of hydrogen-bond donors (Lipinski definition) is 1. The number of carbonyl (C=O) groups excluding carboxylic acids is 2. The van der Waals surface area contributed by atoms with Gasteiger partial charge in [-0.3, -0.25) is 9.59 Å². The first-order valence-corrected chi connectivity index (χ1v) is 11.7. The van der Waals surface area contributed by atoms with Crippen molar-refractivity contribution in [3.05, 3.63) is 42.0 Å². The zero-order chi connectivity index (χ0) is 22.2. The molecule has 0 aromatic heterocycles. The molecule has 5 nitrogen and oxygen atoms in total. The largest absolute Gasteiger partial charge is 0.365 e. The third-order valence-electron chi connectivity index (χ3n) is 6.48. The lowest BCUT2D eigenvalue weighted by molar-refractivity contribution is -0.130. The third kappa shape index (κ3) is 6.54. The van der Waals surface area contributed by atoms with Crippen LogP contribution in [0.1, 0.15) is 62.2 Å². The topological polar surface area (TPSA) is 66.6 Å². The van der Waals surface area contributed by atoms with Crippen molar-refractivity contribution in [2.75, 3.05) is 38.1 Å². The molecule has 2 aromatic carbocycles. The van der Waals surface area contributed by atoms with E-state index in [2.05, 4.69) is 6.07 Å². The number of Topliss-reactive ketones (excluding diaryl/α,β-unsaturated/α-hetero) is 1. The molecule has 5 heteroatoms. The van der Waals surface area contributed by atoms with Gasteiger partial charge >= 0.3 is 0 Å². The molecule has 31 heavy (non-hydrogen) atoms. The van der Waals surface area contributed by atoms with Gasteiger partial charge in [0, 0.05) is 31.4 Å². The molecule has 0 unspecified atom stereocenters. The number of hydrogen-bond acceptors (Lipinski definition) is 4. The maximum Gasteiger partial charge on any atom is 0.242 e. The van der Waals surface area contributed by atoms with Crippen molar-refractivity contribution in [2.45, 2.75) is 51.9 Å². The van der Waals surface area contributed by atoms with Crippen molar-refractivity contribution in [3.63, 3.8) is 0 Å². The highest BCUT2D eigenvalue weighted by Crippen LogP contribution is 2.25. The summed E-state index contributed by atoms with van der Waals surface area (Å²) in [6.07, 6.45) is 8.52. The highest BCUT2D eigenvalue weighted by Gasteiger charge is 2.21. The Morgan fingerprint density at radius 2 is 1.68 bits per heavy atom. The van der Waals surface area contributed by atoms with E-state index in [4.69, 9.17) is 5.73 Å². The van der Waals surface area contributed by atoms with Crippen LogP contribution in [0.4, 0.5) is 5.69 Å². The van der Waals surface area contributed by atoms with Gasteiger partial charge < -0.3 is 15.5 Å². The standard InChI is InChI=1S/C26H37N3O2/c1-20(30)22-10-11-24-17-25(13-12-23(24)16-22)28(2)19-26(31)29(15-7-14-27)18-21-8-5-3-4-6-9-21/h10-13,16-17,21H,3-9,14-15,18-19,27H2,1-2H3. The number of nitrogens with zero attached hydrogens (tertiary/aromatic N) is 2. The van der Waals surface area contributed by atoms with Gasteiger partial charge in [-0.05, 0) is 67.6 Å². The lowest BCUT2D eigenvalue weighted by Gasteiger charge is -2.29. The van der Waals surface area contributed by atoms with E-state index < -0.39 is 0 Å². The van der Waals surface area contributed by atoms with Gasteiger partial charge in [0.05, 0.1) is 6.54 Å². The molecule has 2 N–H and O–H groups in total. The smallest absolute Gasteiger partial charge is 0.242 e. The normalized spacial score (nSPS) is 14.9. The van der Waals surface area contributed by atoms with E-state index in [0.717, 1.165) is 41.5 Å². The van der Waals surface area contributed by atoms with Gasteiger partial charge in [-0.2, -0.15) is 0 Å². The van der Waals surface area contributed by atoms with Gasteiger partial charge in [0.15, 0.2) is 5.78 Å². The zero-order valence-electron chi connectivity index (χ0n) is 19.1. The molecule has 1 aliphatic rings. The summed E-state index contributed by atoms with van der Waals surface area (Å²) in [4.78, 5) is 28.9. The zero-order valence-corrected chi connectivity index (χ0v) is 19.1. The summed E-state index contributed by atoms with van der Waals surface area (Å²) >= 11 is 0. The summed E-state index contributed by atoms with van der Waals surface area (Å²) in [5, 5.41) is 2.11. The molecule has 0 heterocycles. The highest BCUT2D eigenvalue weighted by molar-refractivity contribution is 5.99. The second kappa shape index (κ2) is 11.3. The summed E-state index contributed by atoms with van der Waals surface area (Å²) in [5.41, 5.74) is 7.46. The van der Waals surface area contributed by atoms with E-state index >= 15 is 0 Å². The summed E-state index contributed by atoms with van der Waals surface area (Å²) < 4.78 is 0. The average Bonchev–Trinajstić information content (AvgIpc) is 3.04. The summed E-state index contributed by atoms with van der Waals surface area (Å²) in [6.45, 7) is 4.15. The fourth-order valence-electron chi connectivity index (χ4n) is 4.54. The molecule has 0 atom stereocenters. The Kier molecular flexibility index (Phi) is 8.47. The van der Waals surface area contributed by atoms with Gasteiger partial charge in [-0.25, -0.2) is 0 Å². The molecular formula is C26H37N3O2. The molecule has 1 saturated carbocycles. The lowest BCUT2D eigenvalue weighted by Crippen LogP contribution is -2.42. The predicted octanol–water partition coefficient (Wildman–Crippen LogP) is 4.63. The van der Waals surface area contributed by atoms with Gasteiger partial charge in [0.1, 0.15) is 0 Å². The van der Waals surface area contributed by atoms with Crippen LogP contribution in [0.2, 0.25) is 0 Å². The molecule has 3 rings (SSSR count). The second-order valence-corrected chi connectivity index (χ2v) is 9.00. The van der Waals surface area contributed by atoms with E-state index in [1.165, 1.54) is 38.5 Å². The van der Waals surface area contributed by atoms with Crippen molar-refractivity contribution in [1.82, 2.24) is 4.90 Å². The summed E-state index contributed by atoms with van der Waals surface area (Å²) in [5.74, 6) is 0.859. The SMILES string of the molecule is CC(=O)c1ccc2cc(N(C)CC(=O)N(CCCN)CC3CCCCCC3)ccc2c1. The van der Waals surface area contributed by atoms with Gasteiger partial charge in [-0.1, -0.05) is 43.9 Å². The van der Waals surface area contributed by atoms with Crippen LogP contribution in [0.5, 0.6) is 0 Å². The number of likely N-dealkylation sites (N-methyl/N-ethyl adjacent to an activating group) is 1. The van der Waals surface area contributed by atoms with Crippen molar-refractivity contribution >= 4 is 28.2 Å². The maximum absolute atomic E-state index is 13.2. The number of rotatable bonds is 9. The molecule has 1 aliphatic carbocycles. The van der Waals surface area contributed by atoms with Gasteiger partial charge in [-0.15, -0.1) is 0 Å². The van der Waals surface area contributed by atoms with Crippen LogP contribution in [0, 0.1) is 5.92 Å². The number of fused-ring (bicyclic) bond motifs is 1. The molecule has 2 aromatic rings. The Bertz CT molecular complexity index is 887. The molecule has 0 aliphatic heterocycles. The average molecular weight is 424 g/mol. The molecular weight excluding hydrogens is 386 g/mol. The van der Waals surface area contributed by atoms with E-state index in [9.17, 15) is 9.59 Å². The maximum atomic E-state index is 13.2. The van der Waals surface area contributed by atoms with Crippen LogP contribution in [0.3, 0.4) is 0 Å². The molecule has 0 bridgehead atoms. The molecule has 0 spiro atoms. The monoisotopic (exact) mass is 423 g/mol. The van der Waals surface area contributed by atoms with Gasteiger partial charge in [0.25, 0.3) is 0 Å². The fourth-order valence-corrected chi connectivity index (χ4v) is 4.54. The van der Waals surface area contributed by atoms with Crippen molar-refractivity contribution in [1.29, 1.82) is 0 Å². The summed E-state index contributed by atoms with van der Waals surface area (Å²) in [7, 11) is 1.97. The molecule has 168 valence electrons. The molecule has 1 amide bonds. The first kappa shape index (κ1) is 23.3. The number of nitrogens with two attached hydrogens (primary N) is 1. The minimum Gasteiger partial charge on any atom is -0.365 e. The Hall–Kier alpha value is -2.40. The number of ketones is 1. The predicted molar refractivity (Wildman–Crippen MR) is 129 cm³/mol. The number of benzene rings is 2. The molecule has 0 saturated heterocycles. The van der Waals surface area contributed by atoms with E-state index in [1.807, 2.05) is 47.2 Å². The van der Waals surface area contributed by atoms with E-state index in [0.29, 0.717) is 19.0 Å². The van der Waals surface area contributed by atoms with Gasteiger partial charge in [0.2, 0.25) is 5.91 Å². The van der Waals surface area contributed by atoms with Crippen LogP contribution < -0.4 is 10.6 Å². The van der Waals surface area contributed by atoms with Crippen LogP contribution in [0.15, 0.2) is 36.4 Å². The lowest BCUT2D eigenvalue weighted by atomic mass is 9.99. The molecule has 1 fully saturated rings. The Morgan fingerprint density at radius 1 is 1.00 bits per heavy atom. The first-order chi connectivity index (χ1) is 15.0. The first-order valence-electron chi connectivity index (χ1n) is 11.7. The summed E-state index contributed by atoms with van der Waals surface area (Å²) in [6, 6.07) is 11.9. The van der Waals surface area contributed by atoms with Crippen LogP contribution >= 0.6 is 0 Å². The number of anilines is 1. The highest BCUT2D eigenvalue weighted by atomic mass is 16.2. The minimum absolute atomic E-state index is 0.0694. The molecule has 0 radical (unpaired) electrons. The quantitative estimate of drug-likeness (QED) is 0.472. The van der Waals surface area contributed by atoms with Crippen molar-refractivity contribution in [2.24, 2.45) is 11.7 Å². The van der Waals surface area contributed by atoms with E-state index in [1.54, 1.807) is 6.92 Å². The minimum atomic E-state index is 0.0694. The van der Waals surface area contributed by atoms with Crippen molar-refractivity contribution < 1.29 is 9.59 Å². The Morgan fingerprint density at radius 3 is 2.35 bits per heavy atom. The Balaban J connectivity index is 1.68. The van der Waals surface area contributed by atoms with Crippen LogP contribution in [0.25, 0.3) is 10.8 Å². The van der Waals surface area contributed by atoms with Crippen molar-refractivity contribution in [3.8, 4) is 0 Å². The fraction of sp³-hybridized carbons (Fsp3) is 0.538. The van der Waals surface area contributed by atoms with Crippen LogP contribution in [-0.2, 0) is 4.79 Å². The number of amides is 1. The third-order valence-corrected chi connectivity index (χ3v) is 6.48. The van der Waals surface area contributed by atoms with E-state index in [-0.39, 0.29) is 11.7 Å².